The van der Waals surface area contributed by atoms with Crippen molar-refractivity contribution in [1.29, 1.82) is 0 Å². The molecule has 2 aromatic carbocycles. The molecule has 6 nitrogen and oxygen atoms in total. The maximum Gasteiger partial charge on any atom is 0.245 e. The fourth-order valence-corrected chi connectivity index (χ4v) is 5.78. The van der Waals surface area contributed by atoms with E-state index in [0.29, 0.717) is 19.5 Å². The fourth-order valence-electron chi connectivity index (χ4n) is 4.84. The molecule has 0 radical (unpaired) electrons. The van der Waals surface area contributed by atoms with Gasteiger partial charge in [0.15, 0.2) is 0 Å². The third-order valence-corrected chi connectivity index (χ3v) is 7.61. The van der Waals surface area contributed by atoms with Gasteiger partial charge >= 0.3 is 0 Å². The highest BCUT2D eigenvalue weighted by molar-refractivity contribution is 7.99. The van der Waals surface area contributed by atoms with Gasteiger partial charge in [-0.25, -0.2) is 0 Å². The van der Waals surface area contributed by atoms with Crippen LogP contribution in [0.1, 0.15) is 24.7 Å². The van der Waals surface area contributed by atoms with E-state index < -0.39 is 12.1 Å². The van der Waals surface area contributed by atoms with Crippen LogP contribution in [-0.2, 0) is 22.6 Å². The Bertz CT molecular complexity index is 1150. The smallest absolute Gasteiger partial charge is 0.245 e. The van der Waals surface area contributed by atoms with Gasteiger partial charge in [-0.1, -0.05) is 43.3 Å². The van der Waals surface area contributed by atoms with Gasteiger partial charge in [-0.2, -0.15) is 0 Å². The van der Waals surface area contributed by atoms with Crippen LogP contribution in [0.4, 0.5) is 0 Å². The number of nitrogens with zero attached hydrogens (tertiary/aromatic N) is 2. The first-order valence-electron chi connectivity index (χ1n) is 11.6. The molecular weight excluding hydrogens is 470 g/mol. The lowest BCUT2D eigenvalue weighted by Gasteiger charge is -2.45. The standard InChI is InChI=1S/C26H29N3O3S.ClH/c1-2-23-20(19-10-6-7-11-24(19)32-23)16-28-13-14-29-22(17-28)25(30)27-21(26(29)31)12-15-33-18-8-4-3-5-9-18;/h3-11,21-22H,2,12-17H2,1H3,(H,27,30);1H. The summed E-state index contributed by atoms with van der Waals surface area (Å²) in [5.41, 5.74) is 2.10. The summed E-state index contributed by atoms with van der Waals surface area (Å²) in [6.45, 7) is 4.71. The van der Waals surface area contributed by atoms with Crippen molar-refractivity contribution < 1.29 is 14.0 Å². The summed E-state index contributed by atoms with van der Waals surface area (Å²) < 4.78 is 6.05. The van der Waals surface area contributed by atoms with Gasteiger partial charge < -0.3 is 14.6 Å². The summed E-state index contributed by atoms with van der Waals surface area (Å²) in [5.74, 6) is 1.80. The Morgan fingerprint density at radius 2 is 1.82 bits per heavy atom. The summed E-state index contributed by atoms with van der Waals surface area (Å²) in [7, 11) is 0. The Kier molecular flexibility index (Phi) is 7.86. The average Bonchev–Trinajstić information content (AvgIpc) is 3.20. The number of fused-ring (bicyclic) bond motifs is 2. The van der Waals surface area contributed by atoms with Gasteiger partial charge in [0.2, 0.25) is 11.8 Å². The van der Waals surface area contributed by atoms with Crippen molar-refractivity contribution in [1.82, 2.24) is 15.1 Å². The largest absolute Gasteiger partial charge is 0.461 e. The first-order chi connectivity index (χ1) is 16.1. The van der Waals surface area contributed by atoms with E-state index in [1.165, 1.54) is 10.5 Å². The third kappa shape index (κ3) is 4.97. The van der Waals surface area contributed by atoms with Crippen molar-refractivity contribution >= 4 is 47.0 Å². The molecule has 0 bridgehead atoms. The predicted octanol–water partition coefficient (Wildman–Crippen LogP) is 4.11. The van der Waals surface area contributed by atoms with Crippen LogP contribution < -0.4 is 5.32 Å². The van der Waals surface area contributed by atoms with Crippen LogP contribution in [-0.4, -0.2) is 59.1 Å². The minimum atomic E-state index is -0.430. The van der Waals surface area contributed by atoms with Crippen LogP contribution in [0.15, 0.2) is 63.9 Å². The maximum absolute atomic E-state index is 13.1. The maximum atomic E-state index is 13.1. The molecule has 2 amide bonds. The van der Waals surface area contributed by atoms with E-state index in [9.17, 15) is 9.59 Å². The molecule has 1 N–H and O–H groups in total. The van der Waals surface area contributed by atoms with Crippen LogP contribution in [0, 0.1) is 0 Å². The number of halogens is 1. The number of piperazine rings is 2. The third-order valence-electron chi connectivity index (χ3n) is 6.57. The summed E-state index contributed by atoms with van der Waals surface area (Å²) in [6, 6.07) is 17.4. The summed E-state index contributed by atoms with van der Waals surface area (Å²) in [4.78, 5) is 31.3. The van der Waals surface area contributed by atoms with Crippen LogP contribution in [0.25, 0.3) is 11.0 Å². The molecule has 180 valence electrons. The van der Waals surface area contributed by atoms with Crippen LogP contribution in [0.2, 0.25) is 0 Å². The highest BCUT2D eigenvalue weighted by atomic mass is 35.5. The van der Waals surface area contributed by atoms with Gasteiger partial charge in [0.1, 0.15) is 23.4 Å². The average molecular weight is 500 g/mol. The van der Waals surface area contributed by atoms with Gasteiger partial charge in [0, 0.05) is 54.2 Å². The topological polar surface area (TPSA) is 65.8 Å². The predicted molar refractivity (Wildman–Crippen MR) is 137 cm³/mol. The zero-order chi connectivity index (χ0) is 22.8. The van der Waals surface area contributed by atoms with Gasteiger partial charge in [-0.15, -0.1) is 24.2 Å². The zero-order valence-corrected chi connectivity index (χ0v) is 20.9. The van der Waals surface area contributed by atoms with Gasteiger partial charge in [-0.05, 0) is 24.6 Å². The Labute approximate surface area is 210 Å². The fraction of sp³-hybridized carbons (Fsp3) is 0.385. The molecule has 8 heteroatoms. The molecule has 2 fully saturated rings. The molecule has 5 rings (SSSR count). The zero-order valence-electron chi connectivity index (χ0n) is 19.2. The van der Waals surface area contributed by atoms with Crippen LogP contribution in [0.5, 0.6) is 0 Å². The number of carbonyl (C=O) groups excluding carboxylic acids is 2. The minimum absolute atomic E-state index is 0. The lowest BCUT2D eigenvalue weighted by atomic mass is 10.0. The van der Waals surface area contributed by atoms with Crippen LogP contribution in [0.3, 0.4) is 0 Å². The lowest BCUT2D eigenvalue weighted by molar-refractivity contribution is -0.153. The molecule has 34 heavy (non-hydrogen) atoms. The van der Waals surface area contributed by atoms with Crippen molar-refractivity contribution in [2.45, 2.75) is 43.3 Å². The number of hydrogen-bond donors (Lipinski definition) is 1. The Balaban J connectivity index is 0.00000274. The number of para-hydroxylation sites is 1. The van der Waals surface area contributed by atoms with E-state index in [1.54, 1.807) is 16.7 Å². The molecule has 2 aliphatic rings. The second-order valence-corrected chi connectivity index (χ2v) is 9.82. The van der Waals surface area contributed by atoms with Crippen molar-refractivity contribution in [2.75, 3.05) is 25.4 Å². The van der Waals surface area contributed by atoms with E-state index in [-0.39, 0.29) is 24.2 Å². The first-order valence-corrected chi connectivity index (χ1v) is 12.6. The molecule has 2 unspecified atom stereocenters. The van der Waals surface area contributed by atoms with Crippen molar-refractivity contribution in [3.05, 3.63) is 65.9 Å². The Hall–Kier alpha value is -2.48. The second kappa shape index (κ2) is 10.8. The molecule has 1 aromatic heterocycles. The molecule has 3 aromatic rings. The summed E-state index contributed by atoms with van der Waals surface area (Å²) in [5, 5.41) is 4.13. The molecule has 2 aliphatic heterocycles. The number of nitrogens with one attached hydrogen (secondary N) is 1. The number of hydrogen-bond acceptors (Lipinski definition) is 5. The van der Waals surface area contributed by atoms with Crippen molar-refractivity contribution in [3.63, 3.8) is 0 Å². The first kappa shape index (κ1) is 24.6. The number of rotatable bonds is 7. The monoisotopic (exact) mass is 499 g/mol. The number of aryl methyl sites for hydroxylation is 1. The number of amides is 2. The number of benzene rings is 2. The molecule has 0 spiro atoms. The Morgan fingerprint density at radius 1 is 1.06 bits per heavy atom. The van der Waals surface area contributed by atoms with Crippen molar-refractivity contribution in [2.24, 2.45) is 0 Å². The van der Waals surface area contributed by atoms with Gasteiger partial charge in [-0.3, -0.25) is 14.5 Å². The second-order valence-electron chi connectivity index (χ2n) is 8.65. The molecule has 2 atom stereocenters. The normalized spacial score (nSPS) is 20.7. The van der Waals surface area contributed by atoms with E-state index >= 15 is 0 Å². The highest BCUT2D eigenvalue weighted by Gasteiger charge is 2.43. The van der Waals surface area contributed by atoms with Crippen molar-refractivity contribution in [3.8, 4) is 0 Å². The van der Waals surface area contributed by atoms with E-state index in [2.05, 4.69) is 35.3 Å². The molecule has 0 aliphatic carbocycles. The quantitative estimate of drug-likeness (QED) is 0.495. The van der Waals surface area contributed by atoms with Crippen LogP contribution >= 0.6 is 24.2 Å². The van der Waals surface area contributed by atoms with E-state index in [0.717, 1.165) is 42.0 Å². The van der Waals surface area contributed by atoms with Gasteiger partial charge in [0.05, 0.1) is 0 Å². The summed E-state index contributed by atoms with van der Waals surface area (Å²) >= 11 is 1.71. The molecular formula is C26H30ClN3O3S. The van der Waals surface area contributed by atoms with Gasteiger partial charge in [0.25, 0.3) is 0 Å². The molecule has 0 saturated carbocycles. The number of furan rings is 1. The van der Waals surface area contributed by atoms with E-state index in [1.807, 2.05) is 36.4 Å². The summed E-state index contributed by atoms with van der Waals surface area (Å²) in [6.07, 6.45) is 1.47. The highest BCUT2D eigenvalue weighted by Crippen LogP contribution is 2.29. The minimum Gasteiger partial charge on any atom is -0.461 e. The number of carbonyl (C=O) groups is 2. The lowest BCUT2D eigenvalue weighted by Crippen LogP contribution is -2.69. The molecule has 3 heterocycles. The SMILES string of the molecule is CCc1oc2ccccc2c1CN1CCN2C(=O)C(CCSc3ccccc3)NC(=O)C2C1.Cl. The Morgan fingerprint density at radius 3 is 2.62 bits per heavy atom. The molecule has 2 saturated heterocycles. The van der Waals surface area contributed by atoms with E-state index in [4.69, 9.17) is 4.42 Å². The number of thioether (sulfide) groups is 1.